The van der Waals surface area contributed by atoms with Crippen molar-refractivity contribution in [3.8, 4) is 11.5 Å². The summed E-state index contributed by atoms with van der Waals surface area (Å²) >= 11 is 1.76. The normalized spacial score (nSPS) is 19.9. The molecule has 1 unspecified atom stereocenters. The lowest BCUT2D eigenvalue weighted by Crippen LogP contribution is -2.35. The molecule has 4 heterocycles. The fourth-order valence-electron chi connectivity index (χ4n) is 4.85. The predicted octanol–water partition coefficient (Wildman–Crippen LogP) is 5.22. The van der Waals surface area contributed by atoms with Gasteiger partial charge in [-0.3, -0.25) is 0 Å². The number of benzene rings is 1. The number of thiophene rings is 1. The number of hydrogen-bond donors (Lipinski definition) is 0. The van der Waals surface area contributed by atoms with Crippen molar-refractivity contribution in [3.05, 3.63) is 53.2 Å². The van der Waals surface area contributed by atoms with Gasteiger partial charge in [0.2, 0.25) is 11.8 Å². The Bertz CT molecular complexity index is 1260. The number of piperidine rings is 1. The van der Waals surface area contributed by atoms with E-state index in [-0.39, 0.29) is 11.2 Å². The second-order valence-corrected chi connectivity index (χ2v) is 9.66. The van der Waals surface area contributed by atoms with Crippen molar-refractivity contribution in [1.82, 2.24) is 20.2 Å². The first kappa shape index (κ1) is 18.9. The molecule has 0 bridgehead atoms. The highest BCUT2D eigenvalue weighted by molar-refractivity contribution is 7.18. The summed E-state index contributed by atoms with van der Waals surface area (Å²) in [6.07, 6.45) is 5.93. The van der Waals surface area contributed by atoms with E-state index in [1.54, 1.807) is 29.8 Å². The lowest BCUT2D eigenvalue weighted by atomic mass is 9.90. The highest BCUT2D eigenvalue weighted by Gasteiger charge is 2.58. The summed E-state index contributed by atoms with van der Waals surface area (Å²) in [4.78, 5) is 13.9. The third-order valence-electron chi connectivity index (χ3n) is 6.77. The van der Waals surface area contributed by atoms with Gasteiger partial charge in [0.1, 0.15) is 22.8 Å². The van der Waals surface area contributed by atoms with Gasteiger partial charge in [0.25, 0.3) is 0 Å². The number of halogens is 1. The summed E-state index contributed by atoms with van der Waals surface area (Å²) in [5, 5.41) is 9.63. The van der Waals surface area contributed by atoms with Crippen molar-refractivity contribution in [1.29, 1.82) is 0 Å². The molecule has 1 saturated carbocycles. The van der Waals surface area contributed by atoms with E-state index in [0.717, 1.165) is 49.4 Å². The molecule has 1 saturated heterocycles. The van der Waals surface area contributed by atoms with Crippen LogP contribution in [0, 0.1) is 11.2 Å². The molecule has 4 aromatic rings. The zero-order chi connectivity index (χ0) is 21.0. The van der Waals surface area contributed by atoms with Gasteiger partial charge in [0.15, 0.2) is 0 Å². The standard InChI is InChI=1S/C23H22FN5OS/c1-2-16-11-17-19(25-13-26-22(17)31-16)29-8-6-23(7-9-29)12-18(23)21-28-27-20(30-21)14-4-3-5-15(24)10-14/h3-5,10-11,13,18H,2,6-9,12H2,1H3. The molecule has 6 rings (SSSR count). The second-order valence-electron chi connectivity index (χ2n) is 8.54. The number of nitrogens with zero attached hydrogens (tertiary/aromatic N) is 5. The lowest BCUT2D eigenvalue weighted by Gasteiger charge is -2.33. The molecule has 0 radical (unpaired) electrons. The maximum absolute atomic E-state index is 13.5. The minimum Gasteiger partial charge on any atom is -0.420 e. The molecule has 1 aliphatic heterocycles. The van der Waals surface area contributed by atoms with Crippen LogP contribution in [0.1, 0.15) is 42.9 Å². The van der Waals surface area contributed by atoms with Crippen LogP contribution in [0.4, 0.5) is 10.2 Å². The Morgan fingerprint density at radius 1 is 1.19 bits per heavy atom. The topological polar surface area (TPSA) is 67.9 Å². The van der Waals surface area contributed by atoms with Gasteiger partial charge in [0, 0.05) is 29.4 Å². The maximum atomic E-state index is 13.5. The molecule has 8 heteroatoms. The van der Waals surface area contributed by atoms with Gasteiger partial charge < -0.3 is 9.32 Å². The average molecular weight is 436 g/mol. The molecular weight excluding hydrogens is 413 g/mol. The Morgan fingerprint density at radius 3 is 2.87 bits per heavy atom. The van der Waals surface area contributed by atoms with Gasteiger partial charge in [0.05, 0.1) is 5.39 Å². The fourth-order valence-corrected chi connectivity index (χ4v) is 5.78. The second kappa shape index (κ2) is 7.09. The summed E-state index contributed by atoms with van der Waals surface area (Å²) in [6.45, 7) is 4.10. The molecular formula is C23H22FN5OS. The molecule has 1 aliphatic carbocycles. The number of rotatable bonds is 4. The molecule has 3 aromatic heterocycles. The summed E-state index contributed by atoms with van der Waals surface area (Å²) in [5.74, 6) is 2.12. The molecule has 0 N–H and O–H groups in total. The van der Waals surface area contributed by atoms with E-state index < -0.39 is 0 Å². The van der Waals surface area contributed by atoms with Crippen molar-refractivity contribution in [2.75, 3.05) is 18.0 Å². The van der Waals surface area contributed by atoms with E-state index in [2.05, 4.69) is 38.1 Å². The Kier molecular flexibility index (Phi) is 4.31. The highest BCUT2D eigenvalue weighted by Crippen LogP contribution is 2.64. The third kappa shape index (κ3) is 3.20. The Balaban J connectivity index is 1.18. The Morgan fingerprint density at radius 2 is 2.06 bits per heavy atom. The molecule has 6 nitrogen and oxygen atoms in total. The van der Waals surface area contributed by atoms with Crippen LogP contribution in [0.25, 0.3) is 21.7 Å². The van der Waals surface area contributed by atoms with Crippen LogP contribution in [0.5, 0.6) is 0 Å². The van der Waals surface area contributed by atoms with Crippen LogP contribution in [0.2, 0.25) is 0 Å². The van der Waals surface area contributed by atoms with E-state index in [0.29, 0.717) is 23.3 Å². The summed E-state index contributed by atoms with van der Waals surface area (Å²) in [7, 11) is 0. The summed E-state index contributed by atoms with van der Waals surface area (Å²) in [5.41, 5.74) is 0.857. The Labute approximate surface area is 183 Å². The number of aryl methyl sites for hydroxylation is 1. The molecule has 31 heavy (non-hydrogen) atoms. The summed E-state index contributed by atoms with van der Waals surface area (Å²) in [6, 6.07) is 8.53. The van der Waals surface area contributed by atoms with E-state index >= 15 is 0 Å². The van der Waals surface area contributed by atoms with Crippen molar-refractivity contribution in [2.45, 2.75) is 38.5 Å². The van der Waals surface area contributed by atoms with Crippen LogP contribution in [-0.2, 0) is 6.42 Å². The van der Waals surface area contributed by atoms with Crippen LogP contribution >= 0.6 is 11.3 Å². The SMILES string of the molecule is CCc1cc2c(N3CCC4(CC3)CC4c3nnc(-c4cccc(F)c4)o3)ncnc2s1. The maximum Gasteiger partial charge on any atom is 0.247 e. The fraction of sp³-hybridized carbons (Fsp3) is 0.391. The van der Waals surface area contributed by atoms with E-state index in [4.69, 9.17) is 4.42 Å². The van der Waals surface area contributed by atoms with Gasteiger partial charge in [-0.15, -0.1) is 21.5 Å². The first-order valence-electron chi connectivity index (χ1n) is 10.7. The Hall–Kier alpha value is -2.87. The van der Waals surface area contributed by atoms with Gasteiger partial charge >= 0.3 is 0 Å². The predicted molar refractivity (Wildman–Crippen MR) is 118 cm³/mol. The van der Waals surface area contributed by atoms with Crippen molar-refractivity contribution >= 4 is 27.4 Å². The van der Waals surface area contributed by atoms with Gasteiger partial charge in [-0.1, -0.05) is 13.0 Å². The molecule has 1 spiro atoms. The quantitative estimate of drug-likeness (QED) is 0.438. The molecule has 0 amide bonds. The molecule has 158 valence electrons. The first-order chi connectivity index (χ1) is 15.1. The highest BCUT2D eigenvalue weighted by atomic mass is 32.1. The van der Waals surface area contributed by atoms with Crippen molar-refractivity contribution in [2.24, 2.45) is 5.41 Å². The number of aromatic nitrogens is 4. The van der Waals surface area contributed by atoms with Gasteiger partial charge in [-0.2, -0.15) is 0 Å². The number of anilines is 1. The van der Waals surface area contributed by atoms with E-state index in [9.17, 15) is 4.39 Å². The largest absolute Gasteiger partial charge is 0.420 e. The van der Waals surface area contributed by atoms with Crippen LogP contribution < -0.4 is 4.90 Å². The minimum atomic E-state index is -0.303. The number of hydrogen-bond acceptors (Lipinski definition) is 7. The molecule has 2 fully saturated rings. The molecule has 1 atom stereocenters. The zero-order valence-electron chi connectivity index (χ0n) is 17.2. The van der Waals surface area contributed by atoms with Crippen LogP contribution in [0.3, 0.4) is 0 Å². The monoisotopic (exact) mass is 435 g/mol. The van der Waals surface area contributed by atoms with Gasteiger partial charge in [-0.05, 0) is 55.4 Å². The number of fused-ring (bicyclic) bond motifs is 1. The lowest BCUT2D eigenvalue weighted by molar-refractivity contribution is 0.352. The van der Waals surface area contributed by atoms with Crippen LogP contribution in [0.15, 0.2) is 41.1 Å². The van der Waals surface area contributed by atoms with Gasteiger partial charge in [-0.25, -0.2) is 14.4 Å². The zero-order valence-corrected chi connectivity index (χ0v) is 18.0. The van der Waals surface area contributed by atoms with Crippen molar-refractivity contribution < 1.29 is 8.81 Å². The minimum absolute atomic E-state index is 0.234. The molecule has 2 aliphatic rings. The average Bonchev–Trinajstić information content (AvgIpc) is 3.16. The summed E-state index contributed by atoms with van der Waals surface area (Å²) < 4.78 is 19.4. The molecule has 1 aromatic carbocycles. The van der Waals surface area contributed by atoms with E-state index in [1.807, 2.05) is 0 Å². The smallest absolute Gasteiger partial charge is 0.247 e. The van der Waals surface area contributed by atoms with Crippen molar-refractivity contribution in [3.63, 3.8) is 0 Å². The van der Waals surface area contributed by atoms with E-state index in [1.165, 1.54) is 22.4 Å². The first-order valence-corrected chi connectivity index (χ1v) is 11.5. The van der Waals surface area contributed by atoms with Crippen LogP contribution in [-0.4, -0.2) is 33.3 Å². The third-order valence-corrected chi connectivity index (χ3v) is 7.95.